The van der Waals surface area contributed by atoms with Crippen LogP contribution in [0.1, 0.15) is 27.7 Å². The molecule has 0 saturated carbocycles. The van der Waals surface area contributed by atoms with Gasteiger partial charge < -0.3 is 11.1 Å². The van der Waals surface area contributed by atoms with E-state index in [4.69, 9.17) is 17.3 Å². The summed E-state index contributed by atoms with van der Waals surface area (Å²) in [6.45, 7) is 9.96. The SMILES string of the molecule is CC(C)C(CNc1cc(Cl)ccc1N)C(C)C. The molecular weight excluding hydrogens is 232 g/mol. The average molecular weight is 255 g/mol. The normalized spacial score (nSPS) is 11.5. The van der Waals surface area contributed by atoms with Gasteiger partial charge in [-0.1, -0.05) is 39.3 Å². The first kappa shape index (κ1) is 14.2. The van der Waals surface area contributed by atoms with E-state index in [2.05, 4.69) is 33.0 Å². The van der Waals surface area contributed by atoms with Crippen LogP contribution in [-0.4, -0.2) is 6.54 Å². The van der Waals surface area contributed by atoms with Gasteiger partial charge in [0, 0.05) is 11.6 Å². The monoisotopic (exact) mass is 254 g/mol. The van der Waals surface area contributed by atoms with E-state index in [1.165, 1.54) is 0 Å². The highest BCUT2D eigenvalue weighted by atomic mass is 35.5. The van der Waals surface area contributed by atoms with Gasteiger partial charge in [-0.05, 0) is 36.0 Å². The minimum Gasteiger partial charge on any atom is -0.397 e. The van der Waals surface area contributed by atoms with Gasteiger partial charge in [0.1, 0.15) is 0 Å². The molecule has 0 heterocycles. The summed E-state index contributed by atoms with van der Waals surface area (Å²) >= 11 is 5.96. The van der Waals surface area contributed by atoms with E-state index in [0.717, 1.165) is 17.9 Å². The Bertz CT molecular complexity index is 353. The van der Waals surface area contributed by atoms with E-state index >= 15 is 0 Å². The van der Waals surface area contributed by atoms with Crippen LogP contribution >= 0.6 is 11.6 Å². The van der Waals surface area contributed by atoms with E-state index in [0.29, 0.717) is 22.8 Å². The summed E-state index contributed by atoms with van der Waals surface area (Å²) < 4.78 is 0. The summed E-state index contributed by atoms with van der Waals surface area (Å²) in [7, 11) is 0. The van der Waals surface area contributed by atoms with E-state index in [1.54, 1.807) is 0 Å². The van der Waals surface area contributed by atoms with Crippen LogP contribution in [0.25, 0.3) is 0 Å². The lowest BCUT2D eigenvalue weighted by Crippen LogP contribution is -2.24. The molecule has 0 amide bonds. The number of nitrogen functional groups attached to an aromatic ring is 1. The Labute approximate surface area is 110 Å². The smallest absolute Gasteiger partial charge is 0.0588 e. The van der Waals surface area contributed by atoms with Gasteiger partial charge in [0.15, 0.2) is 0 Å². The summed E-state index contributed by atoms with van der Waals surface area (Å²) in [6.07, 6.45) is 0. The molecule has 96 valence electrons. The van der Waals surface area contributed by atoms with Crippen LogP contribution in [0, 0.1) is 17.8 Å². The van der Waals surface area contributed by atoms with Crippen molar-refractivity contribution in [3.05, 3.63) is 23.2 Å². The molecule has 2 nitrogen and oxygen atoms in total. The van der Waals surface area contributed by atoms with Crippen LogP contribution in [0.3, 0.4) is 0 Å². The third kappa shape index (κ3) is 4.12. The molecule has 1 aromatic carbocycles. The number of nitrogens with one attached hydrogen (secondary N) is 1. The topological polar surface area (TPSA) is 38.0 Å². The second kappa shape index (κ2) is 6.15. The van der Waals surface area contributed by atoms with Crippen LogP contribution in [0.15, 0.2) is 18.2 Å². The van der Waals surface area contributed by atoms with Crippen molar-refractivity contribution in [3.8, 4) is 0 Å². The number of rotatable bonds is 5. The van der Waals surface area contributed by atoms with Crippen LogP contribution in [-0.2, 0) is 0 Å². The third-order valence-electron chi connectivity index (χ3n) is 3.26. The van der Waals surface area contributed by atoms with Crippen LogP contribution < -0.4 is 11.1 Å². The first-order valence-electron chi connectivity index (χ1n) is 6.20. The van der Waals surface area contributed by atoms with Crippen LogP contribution in [0.5, 0.6) is 0 Å². The summed E-state index contributed by atoms with van der Waals surface area (Å²) in [4.78, 5) is 0. The Balaban J connectivity index is 2.68. The van der Waals surface area contributed by atoms with Crippen molar-refractivity contribution in [2.24, 2.45) is 17.8 Å². The minimum absolute atomic E-state index is 0.633. The summed E-state index contributed by atoms with van der Waals surface area (Å²) in [6, 6.07) is 5.53. The second-order valence-corrected chi connectivity index (χ2v) is 5.70. The van der Waals surface area contributed by atoms with Crippen LogP contribution in [0.2, 0.25) is 5.02 Å². The number of halogens is 1. The Hall–Kier alpha value is -0.890. The maximum atomic E-state index is 5.96. The van der Waals surface area contributed by atoms with Crippen molar-refractivity contribution in [2.75, 3.05) is 17.6 Å². The molecule has 3 N–H and O–H groups in total. The lowest BCUT2D eigenvalue weighted by Gasteiger charge is -2.26. The molecule has 0 spiro atoms. The van der Waals surface area contributed by atoms with Gasteiger partial charge >= 0.3 is 0 Å². The molecule has 0 bridgehead atoms. The van der Waals surface area contributed by atoms with E-state index < -0.39 is 0 Å². The Morgan fingerprint density at radius 2 is 1.76 bits per heavy atom. The standard InChI is InChI=1S/C14H23ClN2/c1-9(2)12(10(3)4)8-17-14-7-11(15)5-6-13(14)16/h5-7,9-10,12,17H,8,16H2,1-4H3. The van der Waals surface area contributed by atoms with Crippen LogP contribution in [0.4, 0.5) is 11.4 Å². The maximum Gasteiger partial charge on any atom is 0.0588 e. The highest BCUT2D eigenvalue weighted by Gasteiger charge is 2.17. The van der Waals surface area contributed by atoms with Crippen molar-refractivity contribution in [2.45, 2.75) is 27.7 Å². The molecule has 17 heavy (non-hydrogen) atoms. The van der Waals surface area contributed by atoms with Gasteiger partial charge in [0.05, 0.1) is 11.4 Å². The Morgan fingerprint density at radius 3 is 2.29 bits per heavy atom. The molecule has 0 aromatic heterocycles. The molecule has 3 heteroatoms. The fourth-order valence-electron chi connectivity index (χ4n) is 2.15. The van der Waals surface area contributed by atoms with Crippen molar-refractivity contribution in [1.82, 2.24) is 0 Å². The fourth-order valence-corrected chi connectivity index (χ4v) is 2.32. The molecule has 0 radical (unpaired) electrons. The van der Waals surface area contributed by atoms with Gasteiger partial charge in [0.25, 0.3) is 0 Å². The number of hydrogen-bond acceptors (Lipinski definition) is 2. The third-order valence-corrected chi connectivity index (χ3v) is 3.49. The number of hydrogen-bond donors (Lipinski definition) is 2. The zero-order chi connectivity index (χ0) is 13.0. The predicted octanol–water partition coefficient (Wildman–Crippen LogP) is 4.26. The molecule has 0 aliphatic rings. The lowest BCUT2D eigenvalue weighted by molar-refractivity contribution is 0.304. The van der Waals surface area contributed by atoms with E-state index in [1.807, 2.05) is 18.2 Å². The summed E-state index contributed by atoms with van der Waals surface area (Å²) in [5, 5.41) is 4.12. The van der Waals surface area contributed by atoms with Crippen molar-refractivity contribution >= 4 is 23.0 Å². The molecule has 0 aliphatic carbocycles. The predicted molar refractivity (Wildman–Crippen MR) is 77.5 cm³/mol. The van der Waals surface area contributed by atoms with Gasteiger partial charge in [-0.2, -0.15) is 0 Å². The molecular formula is C14H23ClN2. The number of nitrogens with two attached hydrogens (primary N) is 1. The molecule has 0 atom stereocenters. The number of anilines is 2. The second-order valence-electron chi connectivity index (χ2n) is 5.26. The largest absolute Gasteiger partial charge is 0.397 e. The van der Waals surface area contributed by atoms with Gasteiger partial charge in [-0.15, -0.1) is 0 Å². The molecule has 0 aliphatic heterocycles. The Kier molecular flexibility index (Phi) is 5.13. The van der Waals surface area contributed by atoms with Gasteiger partial charge in [-0.25, -0.2) is 0 Å². The summed E-state index contributed by atoms with van der Waals surface area (Å²) in [5.41, 5.74) is 7.59. The van der Waals surface area contributed by atoms with Gasteiger partial charge in [0.2, 0.25) is 0 Å². The zero-order valence-corrected chi connectivity index (χ0v) is 11.9. The van der Waals surface area contributed by atoms with Crippen molar-refractivity contribution < 1.29 is 0 Å². The Morgan fingerprint density at radius 1 is 1.18 bits per heavy atom. The molecule has 1 rings (SSSR count). The minimum atomic E-state index is 0.633. The molecule has 0 saturated heterocycles. The maximum absolute atomic E-state index is 5.96. The first-order chi connectivity index (χ1) is 7.91. The average Bonchev–Trinajstić information content (AvgIpc) is 2.22. The molecule has 0 fully saturated rings. The highest BCUT2D eigenvalue weighted by Crippen LogP contribution is 2.26. The lowest BCUT2D eigenvalue weighted by atomic mass is 9.85. The van der Waals surface area contributed by atoms with Gasteiger partial charge in [-0.3, -0.25) is 0 Å². The molecule has 1 aromatic rings. The van der Waals surface area contributed by atoms with Crippen molar-refractivity contribution in [3.63, 3.8) is 0 Å². The quantitative estimate of drug-likeness (QED) is 0.771. The first-order valence-corrected chi connectivity index (χ1v) is 6.58. The zero-order valence-electron chi connectivity index (χ0n) is 11.1. The summed E-state index contributed by atoms with van der Waals surface area (Å²) in [5.74, 6) is 1.94. The molecule has 0 unspecified atom stereocenters. The number of benzene rings is 1. The fraction of sp³-hybridized carbons (Fsp3) is 0.571. The van der Waals surface area contributed by atoms with Crippen molar-refractivity contribution in [1.29, 1.82) is 0 Å². The highest BCUT2D eigenvalue weighted by molar-refractivity contribution is 6.31. The van der Waals surface area contributed by atoms with E-state index in [-0.39, 0.29) is 0 Å². The van der Waals surface area contributed by atoms with E-state index in [9.17, 15) is 0 Å².